The molecular formula is C28H32FN3O2. The maximum atomic E-state index is 13.4. The van der Waals surface area contributed by atoms with Gasteiger partial charge in [0.05, 0.1) is 24.4 Å². The van der Waals surface area contributed by atoms with E-state index in [1.165, 1.54) is 31.4 Å². The average molecular weight is 462 g/mol. The lowest BCUT2D eigenvalue weighted by Gasteiger charge is -2.27. The van der Waals surface area contributed by atoms with Crippen LogP contribution in [0.15, 0.2) is 60.7 Å². The Balaban J connectivity index is 1.50. The molecule has 2 aromatic carbocycles. The number of carbonyl (C=O) groups is 1. The zero-order valence-electron chi connectivity index (χ0n) is 19.7. The lowest BCUT2D eigenvalue weighted by atomic mass is 10.0. The Kier molecular flexibility index (Phi) is 8.26. The second-order valence-corrected chi connectivity index (χ2v) is 8.67. The van der Waals surface area contributed by atoms with Crippen molar-refractivity contribution in [2.75, 3.05) is 19.7 Å². The molecule has 1 fully saturated rings. The molecule has 178 valence electrons. The van der Waals surface area contributed by atoms with Crippen LogP contribution in [0.5, 0.6) is 5.75 Å². The van der Waals surface area contributed by atoms with Gasteiger partial charge in [-0.25, -0.2) is 4.39 Å². The van der Waals surface area contributed by atoms with Gasteiger partial charge in [-0.2, -0.15) is 0 Å². The number of amides is 1. The largest absolute Gasteiger partial charge is 0.494 e. The molecule has 0 aliphatic carbocycles. The first-order valence-corrected chi connectivity index (χ1v) is 12.1. The number of pyridine rings is 1. The van der Waals surface area contributed by atoms with Gasteiger partial charge in [0.25, 0.3) is 0 Å². The highest BCUT2D eigenvalue weighted by Gasteiger charge is 2.16. The van der Waals surface area contributed by atoms with Crippen molar-refractivity contribution in [1.29, 1.82) is 0 Å². The molecule has 1 aliphatic rings. The molecule has 6 heteroatoms. The van der Waals surface area contributed by atoms with E-state index in [2.05, 4.69) is 28.4 Å². The van der Waals surface area contributed by atoms with Crippen molar-refractivity contribution < 1.29 is 13.9 Å². The molecule has 0 spiro atoms. The van der Waals surface area contributed by atoms with Crippen LogP contribution in [0, 0.1) is 5.82 Å². The van der Waals surface area contributed by atoms with E-state index in [9.17, 15) is 9.18 Å². The number of rotatable bonds is 9. The van der Waals surface area contributed by atoms with Crippen LogP contribution in [-0.2, 0) is 24.3 Å². The van der Waals surface area contributed by atoms with E-state index in [0.717, 1.165) is 53.5 Å². The maximum Gasteiger partial charge on any atom is 0.226 e. The third-order valence-electron chi connectivity index (χ3n) is 6.05. The first-order chi connectivity index (χ1) is 16.6. The Morgan fingerprint density at radius 1 is 1.06 bits per heavy atom. The van der Waals surface area contributed by atoms with Gasteiger partial charge < -0.3 is 10.1 Å². The van der Waals surface area contributed by atoms with E-state index in [4.69, 9.17) is 9.72 Å². The Labute approximate surface area is 201 Å². The zero-order chi connectivity index (χ0) is 23.8. The summed E-state index contributed by atoms with van der Waals surface area (Å²) in [6, 6.07) is 18.3. The Hall–Kier alpha value is -3.25. The summed E-state index contributed by atoms with van der Waals surface area (Å²) in [4.78, 5) is 19.9. The van der Waals surface area contributed by atoms with Gasteiger partial charge in [-0.1, -0.05) is 36.8 Å². The number of aromatic nitrogens is 1. The predicted octanol–water partition coefficient (Wildman–Crippen LogP) is 5.13. The van der Waals surface area contributed by atoms with Gasteiger partial charge in [-0.15, -0.1) is 0 Å². The Morgan fingerprint density at radius 2 is 1.85 bits per heavy atom. The molecule has 0 saturated carbocycles. The van der Waals surface area contributed by atoms with Crippen molar-refractivity contribution in [1.82, 2.24) is 15.2 Å². The second-order valence-electron chi connectivity index (χ2n) is 8.67. The summed E-state index contributed by atoms with van der Waals surface area (Å²) in [5.41, 5.74) is 4.63. The molecule has 2 heterocycles. The molecule has 1 aromatic heterocycles. The third kappa shape index (κ3) is 6.64. The van der Waals surface area contributed by atoms with E-state index < -0.39 is 0 Å². The molecule has 0 bridgehead atoms. The molecule has 0 unspecified atom stereocenters. The summed E-state index contributed by atoms with van der Waals surface area (Å²) in [5.74, 6) is 0.415. The number of nitrogens with one attached hydrogen (secondary N) is 1. The number of nitrogens with zero attached hydrogens (tertiary/aromatic N) is 2. The highest BCUT2D eigenvalue weighted by atomic mass is 19.1. The van der Waals surface area contributed by atoms with Crippen LogP contribution < -0.4 is 10.1 Å². The molecule has 0 radical (unpaired) electrons. The standard InChI is InChI=1S/C28H32FN3O2/c1-2-34-25-12-9-22(10-13-25)26-14-11-24(31-27(26)20-32-15-4-3-5-16-32)18-28(33)30-19-21-7-6-8-23(29)17-21/h6-14,17H,2-5,15-16,18-20H2,1H3,(H,30,33). The number of hydrogen-bond acceptors (Lipinski definition) is 4. The summed E-state index contributed by atoms with van der Waals surface area (Å²) in [7, 11) is 0. The molecular weight excluding hydrogens is 429 g/mol. The van der Waals surface area contributed by atoms with Crippen LogP contribution in [0.25, 0.3) is 11.1 Å². The van der Waals surface area contributed by atoms with Gasteiger partial charge in [-0.3, -0.25) is 14.7 Å². The molecule has 1 aliphatic heterocycles. The van der Waals surface area contributed by atoms with Crippen LogP contribution >= 0.6 is 0 Å². The number of hydrogen-bond donors (Lipinski definition) is 1. The molecule has 0 atom stereocenters. The van der Waals surface area contributed by atoms with Crippen LogP contribution in [0.4, 0.5) is 4.39 Å². The number of benzene rings is 2. The fourth-order valence-electron chi connectivity index (χ4n) is 4.33. The molecule has 1 amide bonds. The van der Waals surface area contributed by atoms with E-state index in [1.54, 1.807) is 12.1 Å². The molecule has 34 heavy (non-hydrogen) atoms. The summed E-state index contributed by atoms with van der Waals surface area (Å²) in [6.07, 6.45) is 3.88. The number of halogens is 1. The number of ether oxygens (including phenoxy) is 1. The van der Waals surface area contributed by atoms with Crippen LogP contribution in [0.1, 0.15) is 43.1 Å². The summed E-state index contributed by atoms with van der Waals surface area (Å²) in [6.45, 7) is 5.81. The maximum absolute atomic E-state index is 13.4. The van der Waals surface area contributed by atoms with E-state index >= 15 is 0 Å². The van der Waals surface area contributed by atoms with E-state index in [1.807, 2.05) is 25.1 Å². The van der Waals surface area contributed by atoms with Crippen LogP contribution in [0.2, 0.25) is 0 Å². The smallest absolute Gasteiger partial charge is 0.226 e. The van der Waals surface area contributed by atoms with Crippen molar-refractivity contribution in [2.24, 2.45) is 0 Å². The number of carbonyl (C=O) groups excluding carboxylic acids is 1. The molecule has 4 rings (SSSR count). The Bertz CT molecular complexity index is 1100. The lowest BCUT2D eigenvalue weighted by Crippen LogP contribution is -2.30. The fraction of sp³-hybridized carbons (Fsp3) is 0.357. The van der Waals surface area contributed by atoms with Gasteiger partial charge in [0, 0.05) is 18.7 Å². The summed E-state index contributed by atoms with van der Waals surface area (Å²) < 4.78 is 19.0. The zero-order valence-corrected chi connectivity index (χ0v) is 19.7. The first-order valence-electron chi connectivity index (χ1n) is 12.1. The van der Waals surface area contributed by atoms with Crippen LogP contribution in [-0.4, -0.2) is 35.5 Å². The molecule has 3 aromatic rings. The first kappa shape index (κ1) is 23.9. The number of likely N-dealkylation sites (tertiary alicyclic amines) is 1. The van der Waals surface area contributed by atoms with Gasteiger partial charge >= 0.3 is 0 Å². The normalized spacial score (nSPS) is 14.1. The van der Waals surface area contributed by atoms with Crippen LogP contribution in [0.3, 0.4) is 0 Å². The highest BCUT2D eigenvalue weighted by Crippen LogP contribution is 2.27. The van der Waals surface area contributed by atoms with Gasteiger partial charge in [0.15, 0.2) is 0 Å². The molecule has 1 saturated heterocycles. The quantitative estimate of drug-likeness (QED) is 0.480. The SMILES string of the molecule is CCOc1ccc(-c2ccc(CC(=O)NCc3cccc(F)c3)nc2CN2CCCCC2)cc1. The lowest BCUT2D eigenvalue weighted by molar-refractivity contribution is -0.120. The van der Waals surface area contributed by atoms with Crippen molar-refractivity contribution in [3.63, 3.8) is 0 Å². The minimum atomic E-state index is -0.305. The minimum Gasteiger partial charge on any atom is -0.494 e. The summed E-state index contributed by atoms with van der Waals surface area (Å²) >= 11 is 0. The van der Waals surface area contributed by atoms with Crippen molar-refractivity contribution in [3.05, 3.63) is 83.4 Å². The highest BCUT2D eigenvalue weighted by molar-refractivity contribution is 5.78. The third-order valence-corrected chi connectivity index (χ3v) is 6.05. The molecule has 1 N–H and O–H groups in total. The number of piperidine rings is 1. The van der Waals surface area contributed by atoms with Gasteiger partial charge in [0.1, 0.15) is 11.6 Å². The van der Waals surface area contributed by atoms with Crippen molar-refractivity contribution in [3.8, 4) is 16.9 Å². The monoisotopic (exact) mass is 461 g/mol. The van der Waals surface area contributed by atoms with Crippen molar-refractivity contribution in [2.45, 2.75) is 45.7 Å². The second kappa shape index (κ2) is 11.7. The van der Waals surface area contributed by atoms with Gasteiger partial charge in [-0.05, 0) is 74.3 Å². The predicted molar refractivity (Wildman–Crippen MR) is 132 cm³/mol. The molecule has 5 nitrogen and oxygen atoms in total. The Morgan fingerprint density at radius 3 is 2.59 bits per heavy atom. The van der Waals surface area contributed by atoms with Gasteiger partial charge in [0.2, 0.25) is 5.91 Å². The topological polar surface area (TPSA) is 54.5 Å². The minimum absolute atomic E-state index is 0.130. The van der Waals surface area contributed by atoms with Crippen molar-refractivity contribution >= 4 is 5.91 Å². The van der Waals surface area contributed by atoms with E-state index in [0.29, 0.717) is 13.2 Å². The van der Waals surface area contributed by atoms with E-state index in [-0.39, 0.29) is 18.1 Å². The fourth-order valence-corrected chi connectivity index (χ4v) is 4.33. The average Bonchev–Trinajstić information content (AvgIpc) is 2.85. The summed E-state index contributed by atoms with van der Waals surface area (Å²) in [5, 5.41) is 2.87.